The van der Waals surface area contributed by atoms with Crippen molar-refractivity contribution in [1.82, 2.24) is 0 Å². The highest BCUT2D eigenvalue weighted by Gasteiger charge is 2.64. The second-order valence-corrected chi connectivity index (χ2v) is 10.3. The molecule has 0 fully saturated rings. The Morgan fingerprint density at radius 1 is 0.588 bits per heavy atom. The maximum atomic E-state index is 13.6. The minimum atomic E-state index is -1.31. The molecule has 2 aliphatic carbocycles. The van der Waals surface area contributed by atoms with E-state index in [1.165, 1.54) is 0 Å². The molecule has 0 radical (unpaired) electrons. The van der Waals surface area contributed by atoms with E-state index in [-0.39, 0.29) is 0 Å². The Morgan fingerprint density at radius 3 is 1.24 bits per heavy atom. The Balaban J connectivity index is 1.86. The first-order valence-electron chi connectivity index (χ1n) is 10.6. The summed E-state index contributed by atoms with van der Waals surface area (Å²) >= 11 is 26.0. The van der Waals surface area contributed by atoms with E-state index in [1.54, 1.807) is 7.11 Å². The zero-order valence-electron chi connectivity index (χ0n) is 17.8. The fraction of sp³-hybridized carbons (Fsp3) is 0.107. The number of hydrogen-bond donors (Lipinski definition) is 0. The molecule has 4 aromatic carbocycles. The summed E-state index contributed by atoms with van der Waals surface area (Å²) in [5, 5.41) is 2.11. The van der Waals surface area contributed by atoms with Gasteiger partial charge in [-0.1, -0.05) is 70.7 Å². The summed E-state index contributed by atoms with van der Waals surface area (Å²) in [4.78, 5) is 13.6. The number of carbonyl (C=O) groups excluding carboxylic acids is 1. The minimum absolute atomic E-state index is 0.519. The molecule has 0 saturated carbocycles. The molecule has 0 saturated heterocycles. The summed E-state index contributed by atoms with van der Waals surface area (Å²) in [6, 6.07) is 22.5. The molecule has 0 heterocycles. The molecule has 0 amide bonds. The number of rotatable bonds is 3. The van der Waals surface area contributed by atoms with Crippen molar-refractivity contribution in [1.29, 1.82) is 0 Å². The first-order valence-corrected chi connectivity index (χ1v) is 12.1. The van der Waals surface area contributed by atoms with Crippen molar-refractivity contribution in [3.8, 4) is 22.3 Å². The number of benzene rings is 4. The Labute approximate surface area is 217 Å². The van der Waals surface area contributed by atoms with E-state index in [2.05, 4.69) is 0 Å². The molecule has 2 nitrogen and oxygen atoms in total. The van der Waals surface area contributed by atoms with E-state index >= 15 is 0 Å². The maximum Gasteiger partial charge on any atom is 0.139 e. The quantitative estimate of drug-likeness (QED) is 0.251. The average molecular weight is 526 g/mol. The van der Waals surface area contributed by atoms with Gasteiger partial charge in [0.1, 0.15) is 17.3 Å². The van der Waals surface area contributed by atoms with Crippen molar-refractivity contribution in [2.75, 3.05) is 7.11 Å². The SMILES string of the molecule is COC1(C2(C=O)c3cc(Cl)ccc3-c3ccc(Cl)cc32)c2cc(Cl)ccc2-c2ccc(Cl)cc21. The van der Waals surface area contributed by atoms with Crippen molar-refractivity contribution in [3.05, 3.63) is 115 Å². The van der Waals surface area contributed by atoms with Crippen LogP contribution in [0.4, 0.5) is 0 Å². The summed E-state index contributed by atoms with van der Waals surface area (Å²) < 4.78 is 6.50. The average Bonchev–Trinajstić information content (AvgIpc) is 3.25. The lowest BCUT2D eigenvalue weighted by atomic mass is 9.62. The van der Waals surface area contributed by atoms with E-state index < -0.39 is 11.0 Å². The molecule has 6 heteroatoms. The predicted octanol–water partition coefficient (Wildman–Crippen LogP) is 8.34. The molecule has 2 aliphatic rings. The predicted molar refractivity (Wildman–Crippen MR) is 138 cm³/mol. The molecular weight excluding hydrogens is 510 g/mol. The zero-order chi connectivity index (χ0) is 23.8. The lowest BCUT2D eigenvalue weighted by molar-refractivity contribution is -0.121. The van der Waals surface area contributed by atoms with Gasteiger partial charge in [-0.05, 0) is 93.0 Å². The standard InChI is InChI=1S/C28H16Cl4O2/c1-34-28(25-12-17(31)4-8-21(25)22-9-5-18(32)13-26(22)28)27(14-33)23-10-15(29)2-6-19(23)20-7-3-16(30)11-24(20)27/h2-14H,1H3. The topological polar surface area (TPSA) is 26.3 Å². The molecule has 34 heavy (non-hydrogen) atoms. The number of aldehydes is 1. The van der Waals surface area contributed by atoms with Gasteiger partial charge in [-0.2, -0.15) is 0 Å². The molecular formula is C28H16Cl4O2. The molecule has 0 aliphatic heterocycles. The van der Waals surface area contributed by atoms with Crippen LogP contribution < -0.4 is 0 Å². The van der Waals surface area contributed by atoms with Crippen LogP contribution in [0.25, 0.3) is 22.3 Å². The molecule has 0 spiro atoms. The van der Waals surface area contributed by atoms with Crippen LogP contribution in [0.1, 0.15) is 22.3 Å². The molecule has 168 valence electrons. The van der Waals surface area contributed by atoms with Crippen molar-refractivity contribution in [2.24, 2.45) is 0 Å². The van der Waals surface area contributed by atoms with Gasteiger partial charge in [0.25, 0.3) is 0 Å². The third-order valence-corrected chi connectivity index (χ3v) is 8.09. The van der Waals surface area contributed by atoms with Gasteiger partial charge < -0.3 is 9.53 Å². The summed E-state index contributed by atoms with van der Waals surface area (Å²) in [7, 11) is 1.61. The Bertz CT molecular complexity index is 1420. The number of halogens is 4. The smallest absolute Gasteiger partial charge is 0.139 e. The lowest BCUT2D eigenvalue weighted by Crippen LogP contribution is -2.51. The molecule has 0 N–H and O–H groups in total. The largest absolute Gasteiger partial charge is 0.367 e. The lowest BCUT2D eigenvalue weighted by Gasteiger charge is -2.45. The molecule has 0 aromatic heterocycles. The Hall–Kier alpha value is -2.33. The van der Waals surface area contributed by atoms with Gasteiger partial charge >= 0.3 is 0 Å². The Kier molecular flexibility index (Phi) is 4.94. The highest BCUT2D eigenvalue weighted by Crippen LogP contribution is 2.65. The fourth-order valence-electron chi connectivity index (χ4n) is 5.93. The first kappa shape index (κ1) is 22.2. The van der Waals surface area contributed by atoms with E-state index in [0.29, 0.717) is 20.1 Å². The van der Waals surface area contributed by atoms with Crippen molar-refractivity contribution < 1.29 is 9.53 Å². The number of carbonyl (C=O) groups is 1. The van der Waals surface area contributed by atoms with Crippen molar-refractivity contribution in [3.63, 3.8) is 0 Å². The van der Waals surface area contributed by atoms with Crippen LogP contribution in [-0.4, -0.2) is 13.4 Å². The van der Waals surface area contributed by atoms with Crippen LogP contribution in [0.5, 0.6) is 0 Å². The van der Waals surface area contributed by atoms with E-state index in [9.17, 15) is 4.79 Å². The van der Waals surface area contributed by atoms with Crippen LogP contribution in [0, 0.1) is 0 Å². The molecule has 6 rings (SSSR count). The van der Waals surface area contributed by atoms with E-state index in [4.69, 9.17) is 51.1 Å². The highest BCUT2D eigenvalue weighted by molar-refractivity contribution is 6.32. The summed E-state index contributed by atoms with van der Waals surface area (Å²) in [5.41, 5.74) is 4.13. The molecule has 0 atom stereocenters. The monoisotopic (exact) mass is 524 g/mol. The number of ether oxygens (including phenoxy) is 1. The van der Waals surface area contributed by atoms with Crippen molar-refractivity contribution in [2.45, 2.75) is 11.0 Å². The third kappa shape index (κ3) is 2.61. The van der Waals surface area contributed by atoms with E-state index in [1.807, 2.05) is 72.8 Å². The van der Waals surface area contributed by atoms with Crippen LogP contribution in [0.15, 0.2) is 72.8 Å². The molecule has 4 aromatic rings. The van der Waals surface area contributed by atoms with Gasteiger partial charge in [-0.25, -0.2) is 0 Å². The normalized spacial score (nSPS) is 15.9. The van der Waals surface area contributed by atoms with Crippen molar-refractivity contribution >= 4 is 52.7 Å². The van der Waals surface area contributed by atoms with Gasteiger partial charge in [-0.3, -0.25) is 0 Å². The van der Waals surface area contributed by atoms with E-state index in [0.717, 1.165) is 50.8 Å². The summed E-state index contributed by atoms with van der Waals surface area (Å²) in [6.45, 7) is 0. The minimum Gasteiger partial charge on any atom is -0.367 e. The number of hydrogen-bond acceptors (Lipinski definition) is 2. The molecule has 0 unspecified atom stereocenters. The van der Waals surface area contributed by atoms with Gasteiger partial charge in [-0.15, -0.1) is 0 Å². The van der Waals surface area contributed by atoms with Gasteiger partial charge in [0.2, 0.25) is 0 Å². The third-order valence-electron chi connectivity index (χ3n) is 7.15. The van der Waals surface area contributed by atoms with Gasteiger partial charge in [0.15, 0.2) is 0 Å². The summed E-state index contributed by atoms with van der Waals surface area (Å²) in [5.74, 6) is 0. The van der Waals surface area contributed by atoms with Crippen LogP contribution in [0.3, 0.4) is 0 Å². The Morgan fingerprint density at radius 2 is 0.912 bits per heavy atom. The second kappa shape index (κ2) is 7.58. The van der Waals surface area contributed by atoms with Gasteiger partial charge in [0, 0.05) is 27.2 Å². The van der Waals surface area contributed by atoms with Crippen LogP contribution in [0.2, 0.25) is 20.1 Å². The van der Waals surface area contributed by atoms with Crippen LogP contribution >= 0.6 is 46.4 Å². The zero-order valence-corrected chi connectivity index (χ0v) is 20.9. The maximum absolute atomic E-state index is 13.6. The second-order valence-electron chi connectivity index (χ2n) is 8.57. The summed E-state index contributed by atoms with van der Waals surface area (Å²) in [6.07, 6.45) is 0.953. The van der Waals surface area contributed by atoms with Gasteiger partial charge in [0.05, 0.1) is 0 Å². The highest BCUT2D eigenvalue weighted by atomic mass is 35.5. The van der Waals surface area contributed by atoms with Crippen LogP contribution in [-0.2, 0) is 20.5 Å². The molecule has 0 bridgehead atoms. The fourth-order valence-corrected chi connectivity index (χ4v) is 6.61. The number of fused-ring (bicyclic) bond motifs is 6. The first-order chi connectivity index (χ1) is 16.4. The number of methoxy groups -OCH3 is 1.